The van der Waals surface area contributed by atoms with Gasteiger partial charge >= 0.3 is 0 Å². The molecule has 10 aromatic carbocycles. The summed E-state index contributed by atoms with van der Waals surface area (Å²) in [7, 11) is 0. The minimum Gasteiger partial charge on any atom is -0.309 e. The lowest BCUT2D eigenvalue weighted by Gasteiger charge is -2.17. The van der Waals surface area contributed by atoms with Crippen molar-refractivity contribution in [3.8, 4) is 45.4 Å². The van der Waals surface area contributed by atoms with Crippen LogP contribution in [0.4, 0.5) is 5.69 Å². The van der Waals surface area contributed by atoms with Crippen molar-refractivity contribution >= 4 is 82.9 Å². The number of amides is 2. The second kappa shape index (κ2) is 15.4. The highest BCUT2D eigenvalue weighted by Crippen LogP contribution is 2.42. The van der Waals surface area contributed by atoms with E-state index in [0.717, 1.165) is 77.5 Å². The Labute approximate surface area is 407 Å². The Kier molecular flexibility index (Phi) is 8.73. The van der Waals surface area contributed by atoms with Gasteiger partial charge in [-0.25, -0.2) is 4.90 Å². The summed E-state index contributed by atoms with van der Waals surface area (Å²) in [5.41, 5.74) is 16.2. The van der Waals surface area contributed by atoms with Crippen molar-refractivity contribution in [2.45, 2.75) is 6.92 Å². The predicted octanol–water partition coefficient (Wildman–Crippen LogP) is 15.3. The molecule has 1 aliphatic rings. The number of para-hydroxylation sites is 3. The van der Waals surface area contributed by atoms with Crippen molar-refractivity contribution in [3.05, 3.63) is 241 Å². The third-order valence-corrected chi connectivity index (χ3v) is 14.4. The Morgan fingerprint density at radius 3 is 1.20 bits per heavy atom. The fourth-order valence-electron chi connectivity index (χ4n) is 11.1. The number of fused-ring (bicyclic) bond motifs is 10. The molecule has 0 saturated carbocycles. The van der Waals surface area contributed by atoms with E-state index in [2.05, 4.69) is 197 Å². The largest absolute Gasteiger partial charge is 0.309 e. The molecule has 0 N–H and O–H groups in total. The average molecular weight is 910 g/mol. The van der Waals surface area contributed by atoms with Crippen LogP contribution in [0.1, 0.15) is 31.8 Å². The van der Waals surface area contributed by atoms with Gasteiger partial charge in [-0.3, -0.25) is 9.59 Å². The summed E-state index contributed by atoms with van der Waals surface area (Å²) in [6.07, 6.45) is 0. The average Bonchev–Trinajstić information content (AvgIpc) is 4.12. The van der Waals surface area contributed by atoms with Crippen LogP contribution in [-0.4, -0.2) is 25.5 Å². The van der Waals surface area contributed by atoms with Crippen LogP contribution in [0.5, 0.6) is 0 Å². The van der Waals surface area contributed by atoms with Crippen LogP contribution in [-0.2, 0) is 0 Å². The van der Waals surface area contributed by atoms with Crippen molar-refractivity contribution in [1.29, 1.82) is 5.26 Å². The summed E-state index contributed by atoms with van der Waals surface area (Å²) in [6, 6.07) is 77.5. The molecular formula is C64H39N5O2. The molecule has 0 bridgehead atoms. The third kappa shape index (κ3) is 6.08. The minimum atomic E-state index is -0.411. The van der Waals surface area contributed by atoms with E-state index in [0.29, 0.717) is 28.1 Å². The van der Waals surface area contributed by atoms with Gasteiger partial charge in [-0.05, 0) is 144 Å². The number of nitriles is 1. The highest BCUT2D eigenvalue weighted by molar-refractivity contribution is 6.34. The maximum Gasteiger partial charge on any atom is 0.266 e. The zero-order chi connectivity index (χ0) is 47.5. The van der Waals surface area contributed by atoms with E-state index in [1.54, 1.807) is 30.3 Å². The molecule has 0 saturated heterocycles. The monoisotopic (exact) mass is 909 g/mol. The van der Waals surface area contributed by atoms with Gasteiger partial charge < -0.3 is 13.7 Å². The number of carbonyl (C=O) groups excluding carboxylic acids is 2. The van der Waals surface area contributed by atoms with Crippen LogP contribution in [0, 0.1) is 18.3 Å². The Hall–Kier alpha value is -9.77. The van der Waals surface area contributed by atoms with E-state index in [9.17, 15) is 14.9 Å². The number of hydrogen-bond acceptors (Lipinski definition) is 3. The predicted molar refractivity (Wildman–Crippen MR) is 287 cm³/mol. The van der Waals surface area contributed by atoms with E-state index >= 15 is 0 Å². The highest BCUT2D eigenvalue weighted by atomic mass is 16.2. The fraction of sp³-hybridized carbons (Fsp3) is 0.0156. The zero-order valence-corrected chi connectivity index (χ0v) is 38.3. The van der Waals surface area contributed by atoms with Gasteiger partial charge in [0.05, 0.1) is 61.5 Å². The number of rotatable bonds is 6. The molecule has 0 radical (unpaired) electrons. The molecule has 3 aromatic heterocycles. The molecule has 2 amide bonds. The molecule has 0 fully saturated rings. The first-order valence-corrected chi connectivity index (χ1v) is 23.7. The van der Waals surface area contributed by atoms with Crippen molar-refractivity contribution in [1.82, 2.24) is 13.7 Å². The van der Waals surface area contributed by atoms with Gasteiger partial charge in [0.15, 0.2) is 0 Å². The maximum atomic E-state index is 13.9. The van der Waals surface area contributed by atoms with E-state index in [1.165, 1.54) is 32.0 Å². The minimum absolute atomic E-state index is 0.332. The normalized spacial score (nSPS) is 12.6. The molecule has 4 heterocycles. The van der Waals surface area contributed by atoms with E-state index in [-0.39, 0.29) is 0 Å². The van der Waals surface area contributed by atoms with Gasteiger partial charge in [0, 0.05) is 49.4 Å². The van der Waals surface area contributed by atoms with Crippen LogP contribution in [0.25, 0.3) is 105 Å². The lowest BCUT2D eigenvalue weighted by atomic mass is 9.98. The molecule has 1 aliphatic heterocycles. The summed E-state index contributed by atoms with van der Waals surface area (Å²) in [5.74, 6) is -0.822. The van der Waals surface area contributed by atoms with Gasteiger partial charge in [0.2, 0.25) is 0 Å². The van der Waals surface area contributed by atoms with E-state index in [4.69, 9.17) is 0 Å². The number of imide groups is 1. The van der Waals surface area contributed by atoms with Gasteiger partial charge in [0.1, 0.15) is 0 Å². The molecule has 0 spiro atoms. The number of benzene rings is 10. The Bertz CT molecular complexity index is 4430. The lowest BCUT2D eigenvalue weighted by molar-refractivity contribution is 0.0926. The molecule has 0 unspecified atom stereocenters. The summed E-state index contributed by atoms with van der Waals surface area (Å²) in [5, 5.41) is 17.2. The van der Waals surface area contributed by atoms with Gasteiger partial charge in [-0.1, -0.05) is 109 Å². The maximum absolute atomic E-state index is 13.9. The zero-order valence-electron chi connectivity index (χ0n) is 38.3. The molecule has 0 aliphatic carbocycles. The molecule has 332 valence electrons. The summed E-state index contributed by atoms with van der Waals surface area (Å²) >= 11 is 0. The molecular weight excluding hydrogens is 871 g/mol. The Balaban J connectivity index is 0.975. The summed E-state index contributed by atoms with van der Waals surface area (Å²) in [6.45, 7) is 2.11. The second-order valence-corrected chi connectivity index (χ2v) is 18.5. The number of hydrogen-bond donors (Lipinski definition) is 0. The lowest BCUT2D eigenvalue weighted by Crippen LogP contribution is -2.29. The SMILES string of the molecule is Cc1ccc(-n2c3ccccc3c3cc(-c4ccc5c(c4)c4cc(-c6ccc7c(c6)c6ccccc6n7-c6ccccc6)ccc4n5-c4cc(C#N)cc(N5C(=O)c6ccccc6C5=O)c4)ccc32)cc1. The van der Waals surface area contributed by atoms with Crippen LogP contribution < -0.4 is 4.90 Å². The molecule has 71 heavy (non-hydrogen) atoms. The fourth-order valence-corrected chi connectivity index (χ4v) is 11.1. The molecule has 0 atom stereocenters. The summed E-state index contributed by atoms with van der Waals surface area (Å²) < 4.78 is 6.82. The second-order valence-electron chi connectivity index (χ2n) is 18.5. The smallest absolute Gasteiger partial charge is 0.266 e. The molecule has 7 nitrogen and oxygen atoms in total. The number of nitrogens with zero attached hydrogens (tertiary/aromatic N) is 5. The van der Waals surface area contributed by atoms with Crippen molar-refractivity contribution in [2.75, 3.05) is 4.90 Å². The van der Waals surface area contributed by atoms with Gasteiger partial charge in [-0.2, -0.15) is 5.26 Å². The van der Waals surface area contributed by atoms with Crippen LogP contribution in [0.15, 0.2) is 218 Å². The van der Waals surface area contributed by atoms with Crippen LogP contribution in [0.3, 0.4) is 0 Å². The van der Waals surface area contributed by atoms with Crippen molar-refractivity contribution < 1.29 is 9.59 Å². The standard InChI is InChI=1S/C64H39N5O2/c1-39-19-25-46(26-20-39)67-58-18-10-8-14-50(58)54-34-42(22-28-60(54)67)44-24-30-62-56(36-44)55-35-43(41-21-27-59-53(33-41)49-13-7-9-17-57(49)66(59)45-11-3-2-4-12-45)23-29-61(55)68(62)47-31-40(38-65)32-48(37-47)69-63(70)51-15-5-6-16-52(51)64(69)71/h2-37H,1H3. The summed E-state index contributed by atoms with van der Waals surface area (Å²) in [4.78, 5) is 28.9. The van der Waals surface area contributed by atoms with Gasteiger partial charge in [-0.15, -0.1) is 0 Å². The van der Waals surface area contributed by atoms with E-state index < -0.39 is 11.8 Å². The molecule has 7 heteroatoms. The third-order valence-electron chi connectivity index (χ3n) is 14.4. The Morgan fingerprint density at radius 2 is 0.718 bits per heavy atom. The Morgan fingerprint density at radius 1 is 0.338 bits per heavy atom. The van der Waals surface area contributed by atoms with Crippen LogP contribution >= 0.6 is 0 Å². The molecule has 14 rings (SSSR count). The van der Waals surface area contributed by atoms with Crippen molar-refractivity contribution in [2.24, 2.45) is 0 Å². The first kappa shape index (κ1) is 40.3. The van der Waals surface area contributed by atoms with E-state index in [1.807, 2.05) is 18.2 Å². The number of anilines is 1. The first-order valence-electron chi connectivity index (χ1n) is 23.7. The van der Waals surface area contributed by atoms with Crippen LogP contribution in [0.2, 0.25) is 0 Å². The first-order chi connectivity index (χ1) is 34.9. The van der Waals surface area contributed by atoms with Crippen molar-refractivity contribution in [3.63, 3.8) is 0 Å². The number of aromatic nitrogens is 3. The highest BCUT2D eigenvalue weighted by Gasteiger charge is 2.37. The topological polar surface area (TPSA) is 76.0 Å². The van der Waals surface area contributed by atoms with Gasteiger partial charge in [0.25, 0.3) is 11.8 Å². The quantitative estimate of drug-likeness (QED) is 0.156. The molecule has 13 aromatic rings. The number of carbonyl (C=O) groups is 2. The number of aryl methyl sites for hydroxylation is 1.